The van der Waals surface area contributed by atoms with Crippen molar-refractivity contribution in [3.8, 4) is 16.3 Å². The lowest BCUT2D eigenvalue weighted by molar-refractivity contribution is 0.0694. The Kier molecular flexibility index (Phi) is 5.36. The number of aromatic nitrogens is 3. The molecule has 0 radical (unpaired) electrons. The van der Waals surface area contributed by atoms with Crippen LogP contribution >= 0.6 is 11.3 Å². The molecule has 36 heavy (non-hydrogen) atoms. The van der Waals surface area contributed by atoms with Gasteiger partial charge in [-0.05, 0) is 30.5 Å². The van der Waals surface area contributed by atoms with Gasteiger partial charge in [-0.25, -0.2) is 19.2 Å². The highest BCUT2D eigenvalue weighted by molar-refractivity contribution is 7.13. The molecule has 5 heterocycles. The van der Waals surface area contributed by atoms with Crippen LogP contribution in [0.4, 0.5) is 16.0 Å². The van der Waals surface area contributed by atoms with Crippen LogP contribution in [-0.4, -0.2) is 58.4 Å². The van der Waals surface area contributed by atoms with Gasteiger partial charge in [0.25, 0.3) is 0 Å². The number of ether oxygens (including phenoxy) is 1. The molecule has 1 saturated heterocycles. The second kappa shape index (κ2) is 8.59. The molecule has 0 bridgehead atoms. The maximum Gasteiger partial charge on any atom is 0.341 e. The number of carboxylic acids is 1. The van der Waals surface area contributed by atoms with Crippen molar-refractivity contribution in [2.45, 2.75) is 13.0 Å². The van der Waals surface area contributed by atoms with E-state index in [0.29, 0.717) is 43.3 Å². The largest absolute Gasteiger partial charge is 0.487 e. The van der Waals surface area contributed by atoms with Crippen LogP contribution in [0, 0.1) is 5.82 Å². The highest BCUT2D eigenvalue weighted by Crippen LogP contribution is 2.42. The number of nitrogens with zero attached hydrogens (tertiary/aromatic N) is 5. The summed E-state index contributed by atoms with van der Waals surface area (Å²) in [6, 6.07) is 6.81. The molecule has 9 nitrogen and oxygen atoms in total. The van der Waals surface area contributed by atoms with E-state index in [-0.39, 0.29) is 29.3 Å². The summed E-state index contributed by atoms with van der Waals surface area (Å²) in [5.74, 6) is -1.04. The summed E-state index contributed by atoms with van der Waals surface area (Å²) in [4.78, 5) is 38.6. The minimum Gasteiger partial charge on any atom is -0.487 e. The molecule has 3 aromatic heterocycles. The van der Waals surface area contributed by atoms with Crippen molar-refractivity contribution in [1.29, 1.82) is 0 Å². The standard InChI is InChI=1S/C25H22FN5O4S/c1-14-13-35-23-20-15(22(32)16(24(33)34)12-31(14)20)11-17(26)21(23)29-6-8-30(9-7-29)25-27-5-4-18(28-25)19-3-2-10-36-19/h2-5,10-12,14H,6-9,13H2,1H3,(H,33,34). The third-order valence-corrected chi connectivity index (χ3v) is 7.56. The Hall–Kier alpha value is -3.99. The van der Waals surface area contributed by atoms with Crippen molar-refractivity contribution >= 4 is 39.8 Å². The van der Waals surface area contributed by atoms with E-state index >= 15 is 4.39 Å². The van der Waals surface area contributed by atoms with Crippen molar-refractivity contribution < 1.29 is 19.0 Å². The van der Waals surface area contributed by atoms with E-state index in [4.69, 9.17) is 9.72 Å². The predicted molar refractivity (Wildman–Crippen MR) is 135 cm³/mol. The second-order valence-corrected chi connectivity index (χ2v) is 9.82. The van der Waals surface area contributed by atoms with Crippen molar-refractivity contribution in [3.05, 3.63) is 63.6 Å². The first kappa shape index (κ1) is 22.5. The van der Waals surface area contributed by atoms with Gasteiger partial charge in [0.05, 0.1) is 27.5 Å². The topological polar surface area (TPSA) is 101 Å². The second-order valence-electron chi connectivity index (χ2n) is 8.87. The smallest absolute Gasteiger partial charge is 0.341 e. The molecule has 1 aromatic carbocycles. The fourth-order valence-corrected chi connectivity index (χ4v) is 5.55. The van der Waals surface area contributed by atoms with E-state index in [1.807, 2.05) is 35.4 Å². The summed E-state index contributed by atoms with van der Waals surface area (Å²) in [5.41, 5.74) is 0.482. The Labute approximate surface area is 209 Å². The van der Waals surface area contributed by atoms with Crippen molar-refractivity contribution in [1.82, 2.24) is 14.5 Å². The Bertz CT molecular complexity index is 1550. The SMILES string of the molecule is CC1COc2c(N3CCN(c4nccc(-c5cccs5)n4)CC3)c(F)cc3c(=O)c(C(=O)O)cn1c23. The first-order valence-corrected chi connectivity index (χ1v) is 12.4. The Balaban J connectivity index is 1.34. The Morgan fingerprint density at radius 2 is 2.00 bits per heavy atom. The number of hydrogen-bond donors (Lipinski definition) is 1. The molecule has 1 unspecified atom stereocenters. The fourth-order valence-electron chi connectivity index (χ4n) is 4.85. The van der Waals surface area contributed by atoms with Gasteiger partial charge < -0.3 is 24.2 Å². The van der Waals surface area contributed by atoms with E-state index in [1.54, 1.807) is 22.1 Å². The molecule has 1 atom stereocenters. The fraction of sp³-hybridized carbons (Fsp3) is 0.280. The molecular formula is C25H22FN5O4S. The third kappa shape index (κ3) is 3.58. The summed E-state index contributed by atoms with van der Waals surface area (Å²) in [5, 5.41) is 11.5. The lowest BCUT2D eigenvalue weighted by Gasteiger charge is -2.38. The molecule has 0 amide bonds. The number of benzene rings is 1. The molecule has 0 aliphatic carbocycles. The Morgan fingerprint density at radius 3 is 2.72 bits per heavy atom. The van der Waals surface area contributed by atoms with Crippen LogP contribution < -0.4 is 20.0 Å². The number of hydrogen-bond acceptors (Lipinski definition) is 8. The minimum absolute atomic E-state index is 0.00938. The minimum atomic E-state index is -1.34. The third-order valence-electron chi connectivity index (χ3n) is 6.67. The predicted octanol–water partition coefficient (Wildman–Crippen LogP) is 3.64. The number of rotatable bonds is 4. The Morgan fingerprint density at radius 1 is 1.22 bits per heavy atom. The lowest BCUT2D eigenvalue weighted by atomic mass is 10.1. The van der Waals surface area contributed by atoms with E-state index in [9.17, 15) is 14.7 Å². The zero-order chi connectivity index (χ0) is 25.0. The maximum absolute atomic E-state index is 15.5. The number of thiophene rings is 1. The van der Waals surface area contributed by atoms with Crippen LogP contribution in [0.15, 0.2) is 46.8 Å². The molecule has 0 saturated carbocycles. The van der Waals surface area contributed by atoms with Gasteiger partial charge in [-0.2, -0.15) is 0 Å². The molecule has 6 rings (SSSR count). The van der Waals surface area contributed by atoms with Crippen LogP contribution in [0.1, 0.15) is 23.3 Å². The van der Waals surface area contributed by atoms with Gasteiger partial charge in [-0.3, -0.25) is 4.79 Å². The van der Waals surface area contributed by atoms with Crippen LogP contribution in [-0.2, 0) is 0 Å². The summed E-state index contributed by atoms with van der Waals surface area (Å²) in [6.07, 6.45) is 3.08. The van der Waals surface area contributed by atoms with Gasteiger partial charge in [0.15, 0.2) is 11.6 Å². The average Bonchev–Trinajstić information content (AvgIpc) is 3.42. The summed E-state index contributed by atoms with van der Waals surface area (Å²) >= 11 is 1.62. The maximum atomic E-state index is 15.5. The molecule has 0 spiro atoms. The van der Waals surface area contributed by atoms with E-state index in [2.05, 4.69) is 9.88 Å². The number of pyridine rings is 1. The van der Waals surface area contributed by atoms with Gasteiger partial charge in [0, 0.05) is 38.6 Å². The van der Waals surface area contributed by atoms with Crippen molar-refractivity contribution in [3.63, 3.8) is 0 Å². The molecular weight excluding hydrogens is 485 g/mol. The monoisotopic (exact) mass is 507 g/mol. The molecule has 2 aliphatic heterocycles. The average molecular weight is 508 g/mol. The number of carboxylic acid groups (broad SMARTS) is 1. The van der Waals surface area contributed by atoms with Gasteiger partial charge in [0.2, 0.25) is 11.4 Å². The first-order chi connectivity index (χ1) is 17.4. The van der Waals surface area contributed by atoms with Crippen molar-refractivity contribution in [2.24, 2.45) is 0 Å². The van der Waals surface area contributed by atoms with E-state index < -0.39 is 17.2 Å². The zero-order valence-electron chi connectivity index (χ0n) is 19.3. The zero-order valence-corrected chi connectivity index (χ0v) is 20.2. The number of carbonyl (C=O) groups is 1. The normalized spacial score (nSPS) is 17.3. The van der Waals surface area contributed by atoms with E-state index in [1.165, 1.54) is 6.20 Å². The number of aromatic carboxylic acids is 1. The van der Waals surface area contributed by atoms with E-state index in [0.717, 1.165) is 16.6 Å². The summed E-state index contributed by atoms with van der Waals surface area (Å²) in [7, 11) is 0. The number of piperazine rings is 1. The quantitative estimate of drug-likeness (QED) is 0.447. The lowest BCUT2D eigenvalue weighted by Crippen LogP contribution is -2.47. The molecule has 184 valence electrons. The molecule has 4 aromatic rings. The highest BCUT2D eigenvalue weighted by Gasteiger charge is 2.31. The van der Waals surface area contributed by atoms with Crippen LogP contribution in [0.25, 0.3) is 21.5 Å². The highest BCUT2D eigenvalue weighted by atomic mass is 32.1. The first-order valence-electron chi connectivity index (χ1n) is 11.6. The summed E-state index contributed by atoms with van der Waals surface area (Å²) in [6.45, 7) is 4.25. The number of halogens is 1. The van der Waals surface area contributed by atoms with Gasteiger partial charge in [0.1, 0.15) is 17.9 Å². The van der Waals surface area contributed by atoms with Crippen LogP contribution in [0.5, 0.6) is 5.75 Å². The van der Waals surface area contributed by atoms with Gasteiger partial charge >= 0.3 is 5.97 Å². The van der Waals surface area contributed by atoms with Gasteiger partial charge in [-0.15, -0.1) is 11.3 Å². The number of anilines is 2. The summed E-state index contributed by atoms with van der Waals surface area (Å²) < 4.78 is 23.2. The molecule has 2 aliphatic rings. The van der Waals surface area contributed by atoms with Crippen LogP contribution in [0.2, 0.25) is 0 Å². The van der Waals surface area contributed by atoms with Crippen molar-refractivity contribution in [2.75, 3.05) is 42.6 Å². The molecule has 1 fully saturated rings. The van der Waals surface area contributed by atoms with Gasteiger partial charge in [-0.1, -0.05) is 6.07 Å². The molecule has 1 N–H and O–H groups in total. The van der Waals surface area contributed by atoms with Crippen LogP contribution in [0.3, 0.4) is 0 Å². The molecule has 11 heteroatoms.